The molecule has 2 atom stereocenters. The summed E-state index contributed by atoms with van der Waals surface area (Å²) in [4.78, 5) is 13.3. The van der Waals surface area contributed by atoms with E-state index >= 15 is 0 Å². The van der Waals surface area contributed by atoms with Crippen LogP contribution in [-0.4, -0.2) is 61.5 Å². The third-order valence-electron chi connectivity index (χ3n) is 2.99. The molecule has 5 heteroatoms. The lowest BCUT2D eigenvalue weighted by atomic mass is 10.1. The first kappa shape index (κ1) is 10.9. The molecule has 2 unspecified atom stereocenters. The summed E-state index contributed by atoms with van der Waals surface area (Å²) in [5.41, 5.74) is 0. The summed E-state index contributed by atoms with van der Waals surface area (Å²) in [6, 6.07) is -0.174. The molecule has 5 nitrogen and oxygen atoms in total. The maximum atomic E-state index is 11.6. The number of nitrogens with zero attached hydrogens (tertiary/aromatic N) is 1. The van der Waals surface area contributed by atoms with Crippen molar-refractivity contribution in [3.8, 4) is 0 Å². The summed E-state index contributed by atoms with van der Waals surface area (Å²) < 4.78 is 10.4. The molecule has 2 aliphatic rings. The number of hydrogen-bond donors (Lipinski definition) is 1. The second kappa shape index (κ2) is 4.92. The van der Waals surface area contributed by atoms with Crippen molar-refractivity contribution in [2.75, 3.05) is 39.6 Å². The van der Waals surface area contributed by atoms with E-state index in [-0.39, 0.29) is 25.2 Å². The minimum Gasteiger partial charge on any atom is -0.394 e. The van der Waals surface area contributed by atoms with Gasteiger partial charge in [-0.15, -0.1) is 0 Å². The predicted molar refractivity (Wildman–Crippen MR) is 52.3 cm³/mol. The van der Waals surface area contributed by atoms with Gasteiger partial charge in [0.2, 0.25) is 5.91 Å². The number of aliphatic hydroxyl groups excluding tert-OH is 1. The van der Waals surface area contributed by atoms with Crippen LogP contribution in [0.25, 0.3) is 0 Å². The first-order valence-corrected chi connectivity index (χ1v) is 5.37. The molecular formula is C10H17NO4. The van der Waals surface area contributed by atoms with E-state index in [4.69, 9.17) is 14.6 Å². The van der Waals surface area contributed by atoms with Crippen LogP contribution in [0.5, 0.6) is 0 Å². The molecule has 1 amide bonds. The smallest absolute Gasteiger partial charge is 0.248 e. The van der Waals surface area contributed by atoms with Crippen LogP contribution in [0, 0.1) is 5.92 Å². The van der Waals surface area contributed by atoms with E-state index in [1.54, 1.807) is 4.90 Å². The van der Waals surface area contributed by atoms with Crippen molar-refractivity contribution in [2.45, 2.75) is 12.5 Å². The molecule has 0 saturated carbocycles. The Morgan fingerprint density at radius 1 is 1.40 bits per heavy atom. The topological polar surface area (TPSA) is 59.0 Å². The zero-order valence-corrected chi connectivity index (χ0v) is 8.72. The highest BCUT2D eigenvalue weighted by atomic mass is 16.5. The van der Waals surface area contributed by atoms with Crippen LogP contribution in [0.2, 0.25) is 0 Å². The normalized spacial score (nSPS) is 32.3. The fourth-order valence-corrected chi connectivity index (χ4v) is 2.07. The van der Waals surface area contributed by atoms with Gasteiger partial charge >= 0.3 is 0 Å². The largest absolute Gasteiger partial charge is 0.394 e. The summed E-state index contributed by atoms with van der Waals surface area (Å²) in [5.74, 6) is 0.397. The molecule has 1 N–H and O–H groups in total. The third-order valence-corrected chi connectivity index (χ3v) is 2.99. The molecule has 2 saturated heterocycles. The van der Waals surface area contributed by atoms with E-state index in [1.165, 1.54) is 0 Å². The van der Waals surface area contributed by atoms with Crippen LogP contribution >= 0.6 is 0 Å². The average molecular weight is 215 g/mol. The molecule has 0 bridgehead atoms. The maximum Gasteiger partial charge on any atom is 0.248 e. The number of ether oxygens (including phenoxy) is 2. The molecule has 0 aromatic heterocycles. The monoisotopic (exact) mass is 215 g/mol. The van der Waals surface area contributed by atoms with Crippen LogP contribution in [0.4, 0.5) is 0 Å². The SMILES string of the molecule is O=C1COCC(CO)N1CC1CCOC1. The minimum atomic E-state index is -0.174. The Labute approximate surface area is 89.0 Å². The fraction of sp³-hybridized carbons (Fsp3) is 0.900. The predicted octanol–water partition coefficient (Wildman–Crippen LogP) is -0.757. The Bertz CT molecular complexity index is 227. The molecule has 0 radical (unpaired) electrons. The lowest BCUT2D eigenvalue weighted by Gasteiger charge is -2.35. The Balaban J connectivity index is 1.93. The maximum absolute atomic E-state index is 11.6. The number of hydrogen-bond acceptors (Lipinski definition) is 4. The highest BCUT2D eigenvalue weighted by molar-refractivity contribution is 5.78. The van der Waals surface area contributed by atoms with E-state index in [2.05, 4.69) is 0 Å². The number of morpholine rings is 1. The lowest BCUT2D eigenvalue weighted by molar-refractivity contribution is -0.151. The first-order valence-electron chi connectivity index (χ1n) is 5.37. The number of aliphatic hydroxyl groups is 1. The van der Waals surface area contributed by atoms with Crippen LogP contribution < -0.4 is 0 Å². The van der Waals surface area contributed by atoms with Crippen molar-refractivity contribution < 1.29 is 19.4 Å². The summed E-state index contributed by atoms with van der Waals surface area (Å²) in [6.45, 7) is 2.75. The average Bonchev–Trinajstić information content (AvgIpc) is 2.74. The van der Waals surface area contributed by atoms with Gasteiger partial charge in [0.25, 0.3) is 0 Å². The molecule has 2 fully saturated rings. The van der Waals surface area contributed by atoms with E-state index in [0.29, 0.717) is 19.1 Å². The van der Waals surface area contributed by atoms with Gasteiger partial charge in [-0.05, 0) is 6.42 Å². The molecule has 15 heavy (non-hydrogen) atoms. The highest BCUT2D eigenvalue weighted by Crippen LogP contribution is 2.17. The molecule has 0 spiro atoms. The van der Waals surface area contributed by atoms with Gasteiger partial charge < -0.3 is 19.5 Å². The van der Waals surface area contributed by atoms with Gasteiger partial charge in [0, 0.05) is 19.1 Å². The summed E-state index contributed by atoms with van der Waals surface area (Å²) in [5, 5.41) is 9.15. The van der Waals surface area contributed by atoms with Gasteiger partial charge in [-0.2, -0.15) is 0 Å². The Kier molecular flexibility index (Phi) is 3.56. The zero-order valence-electron chi connectivity index (χ0n) is 8.72. The molecule has 86 valence electrons. The molecular weight excluding hydrogens is 198 g/mol. The second-order valence-electron chi connectivity index (χ2n) is 4.13. The van der Waals surface area contributed by atoms with Crippen molar-refractivity contribution in [2.24, 2.45) is 5.92 Å². The van der Waals surface area contributed by atoms with Gasteiger partial charge in [-0.3, -0.25) is 4.79 Å². The van der Waals surface area contributed by atoms with Crippen LogP contribution in [0.15, 0.2) is 0 Å². The summed E-state index contributed by atoms with van der Waals surface area (Å²) in [7, 11) is 0. The van der Waals surface area contributed by atoms with E-state index in [9.17, 15) is 4.79 Å². The molecule has 0 aliphatic carbocycles. The first-order chi connectivity index (χ1) is 7.31. The van der Waals surface area contributed by atoms with E-state index in [1.807, 2.05) is 0 Å². The van der Waals surface area contributed by atoms with Gasteiger partial charge in [0.15, 0.2) is 0 Å². The molecule has 0 aromatic rings. The number of carbonyl (C=O) groups is 1. The summed E-state index contributed by atoms with van der Waals surface area (Å²) >= 11 is 0. The third kappa shape index (κ3) is 2.48. The lowest BCUT2D eigenvalue weighted by Crippen LogP contribution is -2.52. The standard InChI is InChI=1S/C10H17NO4/c12-4-9-6-15-7-10(13)11(9)3-8-1-2-14-5-8/h8-9,12H,1-7H2. The Morgan fingerprint density at radius 3 is 2.93 bits per heavy atom. The minimum absolute atomic E-state index is 0.0211. The Hall–Kier alpha value is -0.650. The molecule has 2 aliphatic heterocycles. The van der Waals surface area contributed by atoms with Crippen LogP contribution in [0.1, 0.15) is 6.42 Å². The number of carbonyl (C=O) groups excluding carboxylic acids is 1. The quantitative estimate of drug-likeness (QED) is 0.672. The Morgan fingerprint density at radius 2 is 2.27 bits per heavy atom. The van der Waals surface area contributed by atoms with Gasteiger partial charge in [0.05, 0.1) is 25.9 Å². The van der Waals surface area contributed by atoms with Crippen LogP contribution in [-0.2, 0) is 14.3 Å². The van der Waals surface area contributed by atoms with Crippen molar-refractivity contribution >= 4 is 5.91 Å². The van der Waals surface area contributed by atoms with Crippen molar-refractivity contribution in [3.05, 3.63) is 0 Å². The highest BCUT2D eigenvalue weighted by Gasteiger charge is 2.31. The van der Waals surface area contributed by atoms with Crippen molar-refractivity contribution in [3.63, 3.8) is 0 Å². The molecule has 2 heterocycles. The number of amides is 1. The van der Waals surface area contributed by atoms with Gasteiger partial charge in [-0.1, -0.05) is 0 Å². The zero-order chi connectivity index (χ0) is 10.7. The van der Waals surface area contributed by atoms with Crippen LogP contribution in [0.3, 0.4) is 0 Å². The number of rotatable bonds is 3. The van der Waals surface area contributed by atoms with Crippen molar-refractivity contribution in [1.82, 2.24) is 4.90 Å². The molecule has 0 aromatic carbocycles. The molecule has 2 rings (SSSR count). The van der Waals surface area contributed by atoms with Crippen molar-refractivity contribution in [1.29, 1.82) is 0 Å². The van der Waals surface area contributed by atoms with Gasteiger partial charge in [0.1, 0.15) is 6.61 Å². The second-order valence-corrected chi connectivity index (χ2v) is 4.13. The van der Waals surface area contributed by atoms with E-state index < -0.39 is 0 Å². The summed E-state index contributed by atoms with van der Waals surface area (Å²) in [6.07, 6.45) is 1.00. The van der Waals surface area contributed by atoms with E-state index in [0.717, 1.165) is 19.6 Å². The van der Waals surface area contributed by atoms with Gasteiger partial charge in [-0.25, -0.2) is 0 Å². The fourth-order valence-electron chi connectivity index (χ4n) is 2.07.